The molecule has 0 aromatic carbocycles. The maximum atomic E-state index is 4.16. The third kappa shape index (κ3) is 1.68. The quantitative estimate of drug-likeness (QED) is 0.743. The Kier molecular flexibility index (Phi) is 2.25. The van der Waals surface area contributed by atoms with Crippen LogP contribution in [0.2, 0.25) is 0 Å². The van der Waals surface area contributed by atoms with Crippen molar-refractivity contribution in [3.63, 3.8) is 0 Å². The first kappa shape index (κ1) is 9.36. The molecule has 0 saturated carbocycles. The molecule has 2 aliphatic rings. The summed E-state index contributed by atoms with van der Waals surface area (Å²) in [5.74, 6) is 1.77. The number of aryl methyl sites for hydroxylation is 1. The lowest BCUT2D eigenvalue weighted by atomic mass is 10.0. The molecule has 0 unspecified atom stereocenters. The van der Waals surface area contributed by atoms with Crippen molar-refractivity contribution < 1.29 is 0 Å². The summed E-state index contributed by atoms with van der Waals surface area (Å²) in [5.41, 5.74) is 1.32. The van der Waals surface area contributed by atoms with E-state index < -0.39 is 0 Å². The zero-order valence-corrected chi connectivity index (χ0v) is 9.19. The summed E-state index contributed by atoms with van der Waals surface area (Å²) >= 11 is 0. The third-order valence-corrected chi connectivity index (χ3v) is 3.77. The molecule has 2 saturated heterocycles. The summed E-state index contributed by atoms with van der Waals surface area (Å²) in [4.78, 5) is 6.72. The Labute approximate surface area is 90.3 Å². The second-order valence-corrected chi connectivity index (χ2v) is 4.87. The van der Waals surface area contributed by atoms with Gasteiger partial charge in [-0.15, -0.1) is 0 Å². The molecule has 0 aliphatic carbocycles. The van der Waals surface area contributed by atoms with Gasteiger partial charge in [0.15, 0.2) is 0 Å². The number of rotatable bonds is 2. The Morgan fingerprint density at radius 3 is 2.73 bits per heavy atom. The van der Waals surface area contributed by atoms with E-state index in [1.165, 1.54) is 31.9 Å². The van der Waals surface area contributed by atoms with Gasteiger partial charge in [0, 0.05) is 32.9 Å². The monoisotopic (exact) mass is 206 g/mol. The van der Waals surface area contributed by atoms with Gasteiger partial charge in [-0.05, 0) is 24.9 Å². The zero-order valence-electron chi connectivity index (χ0n) is 9.19. The van der Waals surface area contributed by atoms with Gasteiger partial charge in [0.2, 0.25) is 0 Å². The molecule has 4 nitrogen and oxygen atoms in total. The molecular formula is C11H18N4. The van der Waals surface area contributed by atoms with Crippen LogP contribution in [0.1, 0.15) is 5.69 Å². The zero-order chi connectivity index (χ0) is 10.3. The largest absolute Gasteiger partial charge is 0.337 e. The molecule has 0 amide bonds. The van der Waals surface area contributed by atoms with Gasteiger partial charge < -0.3 is 9.88 Å². The molecule has 2 atom stereocenters. The molecule has 0 spiro atoms. The van der Waals surface area contributed by atoms with Crippen LogP contribution in [0.15, 0.2) is 12.5 Å². The number of fused-ring (bicyclic) bond motifs is 1. The number of aromatic nitrogens is 2. The van der Waals surface area contributed by atoms with Crippen molar-refractivity contribution in [2.45, 2.75) is 6.54 Å². The molecule has 1 aromatic rings. The van der Waals surface area contributed by atoms with Gasteiger partial charge in [-0.1, -0.05) is 0 Å². The maximum Gasteiger partial charge on any atom is 0.0945 e. The van der Waals surface area contributed by atoms with E-state index >= 15 is 0 Å². The van der Waals surface area contributed by atoms with Crippen LogP contribution in [0, 0.1) is 11.8 Å². The smallest absolute Gasteiger partial charge is 0.0945 e. The minimum Gasteiger partial charge on any atom is -0.337 e. The summed E-state index contributed by atoms with van der Waals surface area (Å²) in [6.07, 6.45) is 3.86. The molecule has 0 bridgehead atoms. The summed E-state index contributed by atoms with van der Waals surface area (Å²) < 4.78 is 2.12. The maximum absolute atomic E-state index is 4.16. The standard InChI is InChI=1S/C11H18N4/c1-14-8-13-4-11(14)7-15-5-9-2-12-3-10(9)6-15/h4,8-10,12H,2-3,5-7H2,1H3/t9-,10+. The number of nitrogens with zero attached hydrogens (tertiary/aromatic N) is 3. The molecule has 4 heteroatoms. The molecule has 2 fully saturated rings. The van der Waals surface area contributed by atoms with Crippen LogP contribution < -0.4 is 5.32 Å². The molecule has 3 heterocycles. The van der Waals surface area contributed by atoms with E-state index in [2.05, 4.69) is 26.8 Å². The number of likely N-dealkylation sites (tertiary alicyclic amines) is 1. The van der Waals surface area contributed by atoms with Gasteiger partial charge in [0.1, 0.15) is 0 Å². The Hall–Kier alpha value is -0.870. The van der Waals surface area contributed by atoms with Crippen LogP contribution >= 0.6 is 0 Å². The van der Waals surface area contributed by atoms with E-state index in [4.69, 9.17) is 0 Å². The van der Waals surface area contributed by atoms with Crippen LogP contribution in [-0.4, -0.2) is 40.6 Å². The van der Waals surface area contributed by atoms with Crippen molar-refractivity contribution in [2.24, 2.45) is 18.9 Å². The topological polar surface area (TPSA) is 33.1 Å². The highest BCUT2D eigenvalue weighted by Crippen LogP contribution is 2.27. The van der Waals surface area contributed by atoms with E-state index in [9.17, 15) is 0 Å². The van der Waals surface area contributed by atoms with Crippen LogP contribution in [-0.2, 0) is 13.6 Å². The molecular weight excluding hydrogens is 188 g/mol. The lowest BCUT2D eigenvalue weighted by molar-refractivity contribution is 0.299. The first-order valence-electron chi connectivity index (χ1n) is 5.71. The van der Waals surface area contributed by atoms with Crippen molar-refractivity contribution >= 4 is 0 Å². The van der Waals surface area contributed by atoms with Crippen molar-refractivity contribution in [1.82, 2.24) is 19.8 Å². The number of imidazole rings is 1. The van der Waals surface area contributed by atoms with E-state index in [0.717, 1.165) is 18.4 Å². The van der Waals surface area contributed by atoms with Gasteiger partial charge in [-0.2, -0.15) is 0 Å². The molecule has 1 N–H and O–H groups in total. The van der Waals surface area contributed by atoms with Crippen molar-refractivity contribution in [1.29, 1.82) is 0 Å². The summed E-state index contributed by atoms with van der Waals surface area (Å²) in [5, 5.41) is 3.47. The van der Waals surface area contributed by atoms with E-state index in [1.807, 2.05) is 12.5 Å². The minimum atomic E-state index is 0.887. The van der Waals surface area contributed by atoms with Gasteiger partial charge in [-0.25, -0.2) is 4.98 Å². The van der Waals surface area contributed by atoms with E-state index in [0.29, 0.717) is 0 Å². The van der Waals surface area contributed by atoms with Crippen LogP contribution in [0.5, 0.6) is 0 Å². The molecule has 15 heavy (non-hydrogen) atoms. The highest BCUT2D eigenvalue weighted by Gasteiger charge is 2.35. The van der Waals surface area contributed by atoms with Crippen LogP contribution in [0.4, 0.5) is 0 Å². The normalized spacial score (nSPS) is 31.0. The second kappa shape index (κ2) is 3.61. The minimum absolute atomic E-state index is 0.887. The van der Waals surface area contributed by atoms with Gasteiger partial charge >= 0.3 is 0 Å². The first-order valence-corrected chi connectivity index (χ1v) is 5.71. The molecule has 3 rings (SSSR count). The summed E-state index contributed by atoms with van der Waals surface area (Å²) in [6.45, 7) is 5.99. The molecule has 1 aromatic heterocycles. The average Bonchev–Trinajstić information content (AvgIpc) is 2.83. The highest BCUT2D eigenvalue weighted by molar-refractivity contribution is 5.00. The highest BCUT2D eigenvalue weighted by atomic mass is 15.2. The average molecular weight is 206 g/mol. The fraction of sp³-hybridized carbons (Fsp3) is 0.727. The Bertz CT molecular complexity index is 334. The van der Waals surface area contributed by atoms with Gasteiger partial charge in [0.05, 0.1) is 12.0 Å². The fourth-order valence-corrected chi connectivity index (χ4v) is 2.85. The molecule has 82 valence electrons. The lowest BCUT2D eigenvalue weighted by Gasteiger charge is -2.16. The van der Waals surface area contributed by atoms with Crippen molar-refractivity contribution in [2.75, 3.05) is 26.2 Å². The predicted octanol–water partition coefficient (Wildman–Crippen LogP) is 0.0713. The summed E-state index contributed by atoms with van der Waals surface area (Å²) in [7, 11) is 2.07. The SMILES string of the molecule is Cn1cncc1CN1C[C@H]2CNC[C@H]2C1. The lowest BCUT2D eigenvalue weighted by Crippen LogP contribution is -2.26. The van der Waals surface area contributed by atoms with Crippen LogP contribution in [0.25, 0.3) is 0 Å². The second-order valence-electron chi connectivity index (χ2n) is 4.87. The van der Waals surface area contributed by atoms with Crippen LogP contribution in [0.3, 0.4) is 0 Å². The Morgan fingerprint density at radius 1 is 1.40 bits per heavy atom. The number of nitrogens with one attached hydrogen (secondary N) is 1. The number of hydrogen-bond donors (Lipinski definition) is 1. The number of hydrogen-bond acceptors (Lipinski definition) is 3. The Balaban J connectivity index is 1.64. The van der Waals surface area contributed by atoms with Gasteiger partial charge in [-0.3, -0.25) is 4.90 Å². The first-order chi connectivity index (χ1) is 7.33. The fourth-order valence-electron chi connectivity index (χ4n) is 2.85. The third-order valence-electron chi connectivity index (χ3n) is 3.77. The Morgan fingerprint density at radius 2 is 2.13 bits per heavy atom. The summed E-state index contributed by atoms with van der Waals surface area (Å²) in [6, 6.07) is 0. The van der Waals surface area contributed by atoms with Gasteiger partial charge in [0.25, 0.3) is 0 Å². The molecule has 0 radical (unpaired) electrons. The molecule has 2 aliphatic heterocycles. The van der Waals surface area contributed by atoms with Crippen molar-refractivity contribution in [3.05, 3.63) is 18.2 Å². The predicted molar refractivity (Wildman–Crippen MR) is 58.3 cm³/mol. The van der Waals surface area contributed by atoms with E-state index in [1.54, 1.807) is 0 Å². The van der Waals surface area contributed by atoms with Crippen molar-refractivity contribution in [3.8, 4) is 0 Å². The van der Waals surface area contributed by atoms with E-state index in [-0.39, 0.29) is 0 Å².